The number of carbonyl (C=O) groups is 1. The second-order valence-electron chi connectivity index (χ2n) is 5.89. The highest BCUT2D eigenvalue weighted by Crippen LogP contribution is 2.24. The molecular weight excluding hydrogens is 399 g/mol. The topological polar surface area (TPSA) is 85.4 Å². The van der Waals surface area contributed by atoms with Gasteiger partial charge in [-0.2, -0.15) is 0 Å². The van der Waals surface area contributed by atoms with Crippen LogP contribution in [0.25, 0.3) is 0 Å². The lowest BCUT2D eigenvalue weighted by atomic mass is 10.1. The van der Waals surface area contributed by atoms with Gasteiger partial charge in [0.15, 0.2) is 17.3 Å². The van der Waals surface area contributed by atoms with Crippen LogP contribution in [0.2, 0.25) is 5.02 Å². The molecule has 7 nitrogen and oxygen atoms in total. The zero-order valence-electron chi connectivity index (χ0n) is 15.7. The molecule has 0 aliphatic heterocycles. The molecule has 0 saturated carbocycles. The number of methoxy groups -OCH3 is 1. The average Bonchev–Trinajstić information content (AvgIpc) is 2.75. The number of rotatable bonds is 7. The van der Waals surface area contributed by atoms with Crippen LogP contribution in [0.15, 0.2) is 48.8 Å². The largest absolute Gasteiger partial charge is 0.494 e. The Hall–Kier alpha value is -3.39. The van der Waals surface area contributed by atoms with E-state index in [0.29, 0.717) is 16.7 Å². The molecule has 3 aromatic rings. The number of nitrogens with zero attached hydrogens (tertiary/aromatic N) is 2. The molecule has 0 unspecified atom stereocenters. The molecule has 0 radical (unpaired) electrons. The van der Waals surface area contributed by atoms with Gasteiger partial charge in [-0.1, -0.05) is 11.6 Å². The van der Waals surface area contributed by atoms with Gasteiger partial charge in [-0.05, 0) is 36.4 Å². The standard InChI is InChI=1S/C20H18ClFN4O3/c1-23-19(27)12-7-13(18(22)17(8-12)28-2)11-29-16-9-24-20(25-10-16)26-15-5-3-14(21)4-6-15/h3-10H,11H2,1-2H3,(H,23,27)(H,24,25,26). The Balaban J connectivity index is 1.69. The second-order valence-corrected chi connectivity index (χ2v) is 6.33. The summed E-state index contributed by atoms with van der Waals surface area (Å²) in [6, 6.07) is 9.83. The van der Waals surface area contributed by atoms with E-state index >= 15 is 0 Å². The van der Waals surface area contributed by atoms with Crippen molar-refractivity contribution in [1.82, 2.24) is 15.3 Å². The Bertz CT molecular complexity index is 998. The van der Waals surface area contributed by atoms with Crippen LogP contribution in [-0.4, -0.2) is 30.0 Å². The molecule has 0 saturated heterocycles. The van der Waals surface area contributed by atoms with Crippen LogP contribution in [0, 0.1) is 5.82 Å². The summed E-state index contributed by atoms with van der Waals surface area (Å²) in [4.78, 5) is 20.2. The van der Waals surface area contributed by atoms with Gasteiger partial charge in [-0.3, -0.25) is 4.79 Å². The van der Waals surface area contributed by atoms with E-state index in [2.05, 4.69) is 20.6 Å². The van der Waals surface area contributed by atoms with E-state index in [0.717, 1.165) is 5.69 Å². The first-order chi connectivity index (χ1) is 14.0. The molecule has 150 valence electrons. The predicted molar refractivity (Wildman–Crippen MR) is 107 cm³/mol. The second kappa shape index (κ2) is 9.20. The number of hydrogen-bond acceptors (Lipinski definition) is 6. The van der Waals surface area contributed by atoms with Crippen molar-refractivity contribution >= 4 is 29.1 Å². The predicted octanol–water partition coefficient (Wildman–Crippen LogP) is 3.96. The van der Waals surface area contributed by atoms with Crippen molar-refractivity contribution in [1.29, 1.82) is 0 Å². The third-order valence-corrected chi connectivity index (χ3v) is 4.20. The number of nitrogens with one attached hydrogen (secondary N) is 2. The minimum absolute atomic E-state index is 0.0385. The zero-order chi connectivity index (χ0) is 20.8. The molecular formula is C20H18ClFN4O3. The third-order valence-electron chi connectivity index (χ3n) is 3.95. The minimum Gasteiger partial charge on any atom is -0.494 e. The van der Waals surface area contributed by atoms with Gasteiger partial charge in [-0.25, -0.2) is 14.4 Å². The Morgan fingerprint density at radius 3 is 2.48 bits per heavy atom. The van der Waals surface area contributed by atoms with Gasteiger partial charge in [0.25, 0.3) is 5.91 Å². The molecule has 3 rings (SSSR count). The van der Waals surface area contributed by atoms with Gasteiger partial charge in [0.05, 0.1) is 19.5 Å². The van der Waals surface area contributed by atoms with Crippen molar-refractivity contribution in [3.05, 3.63) is 70.8 Å². The highest BCUT2D eigenvalue weighted by molar-refractivity contribution is 6.30. The van der Waals surface area contributed by atoms with Crippen LogP contribution in [0.4, 0.5) is 16.0 Å². The molecule has 0 spiro atoms. The maximum atomic E-state index is 14.5. The monoisotopic (exact) mass is 416 g/mol. The van der Waals surface area contributed by atoms with Crippen molar-refractivity contribution in [2.75, 3.05) is 19.5 Å². The van der Waals surface area contributed by atoms with Crippen LogP contribution in [0.1, 0.15) is 15.9 Å². The zero-order valence-corrected chi connectivity index (χ0v) is 16.5. The van der Waals surface area contributed by atoms with Crippen LogP contribution < -0.4 is 20.1 Å². The highest BCUT2D eigenvalue weighted by atomic mass is 35.5. The minimum atomic E-state index is -0.595. The van der Waals surface area contributed by atoms with Crippen LogP contribution in [0.5, 0.6) is 11.5 Å². The number of carbonyl (C=O) groups excluding carboxylic acids is 1. The lowest BCUT2D eigenvalue weighted by molar-refractivity contribution is 0.0962. The number of hydrogen-bond donors (Lipinski definition) is 2. The summed E-state index contributed by atoms with van der Waals surface area (Å²) >= 11 is 5.85. The van der Waals surface area contributed by atoms with E-state index in [9.17, 15) is 9.18 Å². The van der Waals surface area contributed by atoms with Gasteiger partial charge >= 0.3 is 0 Å². The van der Waals surface area contributed by atoms with Gasteiger partial charge in [-0.15, -0.1) is 0 Å². The van der Waals surface area contributed by atoms with Gasteiger partial charge in [0.2, 0.25) is 5.95 Å². The van der Waals surface area contributed by atoms with E-state index in [1.54, 1.807) is 24.3 Å². The molecule has 0 bridgehead atoms. The van der Waals surface area contributed by atoms with Crippen LogP contribution in [-0.2, 0) is 6.61 Å². The molecule has 9 heteroatoms. The summed E-state index contributed by atoms with van der Waals surface area (Å²) in [5.41, 5.74) is 1.22. The average molecular weight is 417 g/mol. The molecule has 2 aromatic carbocycles. The van der Waals surface area contributed by atoms with Gasteiger partial charge in [0.1, 0.15) is 6.61 Å². The fourth-order valence-electron chi connectivity index (χ4n) is 2.46. The summed E-state index contributed by atoms with van der Waals surface area (Å²) in [7, 11) is 2.82. The quantitative estimate of drug-likeness (QED) is 0.606. The number of benzene rings is 2. The molecule has 0 aliphatic rings. The Labute approximate surface area is 171 Å². The molecule has 0 fully saturated rings. The lowest BCUT2D eigenvalue weighted by Crippen LogP contribution is -2.18. The maximum Gasteiger partial charge on any atom is 0.251 e. The van der Waals surface area contributed by atoms with E-state index in [-0.39, 0.29) is 29.4 Å². The van der Waals surface area contributed by atoms with Gasteiger partial charge < -0.3 is 20.1 Å². The van der Waals surface area contributed by atoms with Crippen LogP contribution >= 0.6 is 11.6 Å². The van der Waals surface area contributed by atoms with Crippen molar-refractivity contribution in [3.8, 4) is 11.5 Å². The number of aromatic nitrogens is 2. The van der Waals surface area contributed by atoms with Crippen molar-refractivity contribution in [2.24, 2.45) is 0 Å². The molecule has 1 amide bonds. The molecule has 0 aliphatic carbocycles. The van der Waals surface area contributed by atoms with E-state index in [4.69, 9.17) is 21.1 Å². The highest BCUT2D eigenvalue weighted by Gasteiger charge is 2.15. The summed E-state index contributed by atoms with van der Waals surface area (Å²) in [5.74, 6) is -0.277. The lowest BCUT2D eigenvalue weighted by Gasteiger charge is -2.12. The molecule has 1 aromatic heterocycles. The smallest absolute Gasteiger partial charge is 0.251 e. The Morgan fingerprint density at radius 1 is 1.17 bits per heavy atom. The van der Waals surface area contributed by atoms with Crippen molar-refractivity contribution < 1.29 is 18.7 Å². The Kier molecular flexibility index (Phi) is 6.46. The fraction of sp³-hybridized carbons (Fsp3) is 0.150. The van der Waals surface area contributed by atoms with Crippen molar-refractivity contribution in [2.45, 2.75) is 6.61 Å². The number of amides is 1. The normalized spacial score (nSPS) is 10.3. The SMILES string of the molecule is CNC(=O)c1cc(COc2cnc(Nc3ccc(Cl)cc3)nc2)c(F)c(OC)c1. The number of halogens is 2. The number of anilines is 2. The van der Waals surface area contributed by atoms with Crippen LogP contribution in [0.3, 0.4) is 0 Å². The summed E-state index contributed by atoms with van der Waals surface area (Å²) < 4.78 is 25.0. The summed E-state index contributed by atoms with van der Waals surface area (Å²) in [6.07, 6.45) is 2.92. The molecule has 29 heavy (non-hydrogen) atoms. The Morgan fingerprint density at radius 2 is 1.86 bits per heavy atom. The van der Waals surface area contributed by atoms with Crippen molar-refractivity contribution in [3.63, 3.8) is 0 Å². The summed E-state index contributed by atoms with van der Waals surface area (Å²) in [5, 5.41) is 6.14. The first kappa shape index (κ1) is 20.3. The fourth-order valence-corrected chi connectivity index (χ4v) is 2.59. The number of ether oxygens (including phenoxy) is 2. The third kappa shape index (κ3) is 5.11. The summed E-state index contributed by atoms with van der Waals surface area (Å²) in [6.45, 7) is -0.125. The van der Waals surface area contributed by atoms with E-state index in [1.165, 1.54) is 38.7 Å². The molecule has 1 heterocycles. The molecule has 0 atom stereocenters. The molecule has 2 N–H and O–H groups in total. The first-order valence-electron chi connectivity index (χ1n) is 8.56. The van der Waals surface area contributed by atoms with E-state index < -0.39 is 5.82 Å². The first-order valence-corrected chi connectivity index (χ1v) is 8.94. The van der Waals surface area contributed by atoms with Gasteiger partial charge in [0, 0.05) is 28.9 Å². The maximum absolute atomic E-state index is 14.5. The van der Waals surface area contributed by atoms with E-state index in [1.807, 2.05) is 0 Å².